The molecular weight excluding hydrogens is 430 g/mol. The number of thiophene rings is 1. The number of fused-ring (bicyclic) bond motifs is 3. The smallest absolute Gasteiger partial charge is 0.263 e. The van der Waals surface area contributed by atoms with Gasteiger partial charge < -0.3 is 16.0 Å². The van der Waals surface area contributed by atoms with Gasteiger partial charge in [0, 0.05) is 30.7 Å². The standard InChI is InChI=1S/C26H29N5OS/c1-15(12-29-25(32)24-23(28)21-7-3-16(2)30-26(21)33-24)19-6-8-22(20(10-19)11-27)31-13-17-4-5-18(9-17)14-31/h3,6-8,10,15,17-18H,4-5,9,12-14,28H2,1-2H3,(H,29,32)/t15-,17?,18?/m1/s1. The molecule has 7 heteroatoms. The number of nitrogen functional groups attached to an aromatic ring is 1. The minimum atomic E-state index is -0.180. The Morgan fingerprint density at radius 1 is 1.30 bits per heavy atom. The van der Waals surface area contributed by atoms with Crippen LogP contribution in [-0.4, -0.2) is 30.5 Å². The van der Waals surface area contributed by atoms with Gasteiger partial charge in [-0.3, -0.25) is 4.79 Å². The van der Waals surface area contributed by atoms with Crippen LogP contribution in [0, 0.1) is 30.1 Å². The molecule has 2 fully saturated rings. The second-order valence-electron chi connectivity index (χ2n) is 9.60. The molecule has 1 saturated heterocycles. The van der Waals surface area contributed by atoms with Crippen molar-refractivity contribution in [3.8, 4) is 6.07 Å². The van der Waals surface area contributed by atoms with Gasteiger partial charge in [0.25, 0.3) is 5.91 Å². The lowest BCUT2D eigenvalue weighted by atomic mass is 9.95. The fraction of sp³-hybridized carbons (Fsp3) is 0.423. The number of rotatable bonds is 5. The van der Waals surface area contributed by atoms with E-state index in [9.17, 15) is 10.1 Å². The van der Waals surface area contributed by atoms with Crippen LogP contribution >= 0.6 is 11.3 Å². The first kappa shape index (κ1) is 21.7. The maximum atomic E-state index is 12.8. The van der Waals surface area contributed by atoms with Crippen molar-refractivity contribution in [2.24, 2.45) is 11.8 Å². The fourth-order valence-electron chi connectivity index (χ4n) is 5.33. The lowest BCUT2D eigenvalue weighted by Crippen LogP contribution is -2.36. The van der Waals surface area contributed by atoms with Crippen LogP contribution in [0.1, 0.15) is 58.6 Å². The molecular formula is C26H29N5OS. The van der Waals surface area contributed by atoms with Crippen LogP contribution in [-0.2, 0) is 0 Å². The summed E-state index contributed by atoms with van der Waals surface area (Å²) < 4.78 is 0. The van der Waals surface area contributed by atoms with Crippen molar-refractivity contribution in [1.29, 1.82) is 5.26 Å². The summed E-state index contributed by atoms with van der Waals surface area (Å²) in [5.74, 6) is 1.43. The number of pyridine rings is 1. The Morgan fingerprint density at radius 2 is 2.06 bits per heavy atom. The van der Waals surface area contributed by atoms with E-state index in [4.69, 9.17) is 5.73 Å². The summed E-state index contributed by atoms with van der Waals surface area (Å²) >= 11 is 1.33. The number of hydrogen-bond donors (Lipinski definition) is 2. The minimum absolute atomic E-state index is 0.0728. The van der Waals surface area contributed by atoms with Crippen molar-refractivity contribution in [3.05, 3.63) is 52.0 Å². The lowest BCUT2D eigenvalue weighted by molar-refractivity contribution is 0.0956. The quantitative estimate of drug-likeness (QED) is 0.570. The van der Waals surface area contributed by atoms with Gasteiger partial charge in [-0.2, -0.15) is 5.26 Å². The average Bonchev–Trinajstić information content (AvgIpc) is 3.34. The van der Waals surface area contributed by atoms with E-state index in [1.165, 1.54) is 30.6 Å². The number of benzene rings is 1. The second-order valence-corrected chi connectivity index (χ2v) is 10.6. The van der Waals surface area contributed by atoms with Crippen molar-refractivity contribution < 1.29 is 4.79 Å². The number of aryl methyl sites for hydroxylation is 1. The molecule has 3 N–H and O–H groups in total. The predicted octanol–water partition coefficient (Wildman–Crippen LogP) is 4.83. The number of nitrogens with one attached hydrogen (secondary N) is 1. The lowest BCUT2D eigenvalue weighted by Gasteiger charge is -2.34. The molecule has 170 valence electrons. The third-order valence-electron chi connectivity index (χ3n) is 7.17. The summed E-state index contributed by atoms with van der Waals surface area (Å²) in [6.45, 7) is 6.57. The van der Waals surface area contributed by atoms with Gasteiger partial charge in [0.05, 0.1) is 16.9 Å². The molecule has 3 aromatic rings. The number of anilines is 2. The van der Waals surface area contributed by atoms with Gasteiger partial charge in [-0.25, -0.2) is 4.98 Å². The van der Waals surface area contributed by atoms with E-state index < -0.39 is 0 Å². The van der Waals surface area contributed by atoms with Crippen molar-refractivity contribution in [3.63, 3.8) is 0 Å². The maximum absolute atomic E-state index is 12.8. The Balaban J connectivity index is 1.28. The molecule has 1 aliphatic heterocycles. The van der Waals surface area contributed by atoms with E-state index in [0.717, 1.165) is 57.7 Å². The molecule has 1 amide bonds. The van der Waals surface area contributed by atoms with Crippen molar-refractivity contribution >= 4 is 38.8 Å². The average molecular weight is 460 g/mol. The van der Waals surface area contributed by atoms with E-state index in [0.29, 0.717) is 17.1 Å². The van der Waals surface area contributed by atoms with E-state index in [1.54, 1.807) is 0 Å². The first-order valence-electron chi connectivity index (χ1n) is 11.7. The Kier molecular flexibility index (Phi) is 5.71. The van der Waals surface area contributed by atoms with Crippen LogP contribution in [0.5, 0.6) is 0 Å². The highest BCUT2D eigenvalue weighted by Gasteiger charge is 2.33. The molecule has 3 heterocycles. The molecule has 1 saturated carbocycles. The number of aromatic nitrogens is 1. The zero-order chi connectivity index (χ0) is 23.1. The van der Waals surface area contributed by atoms with Crippen molar-refractivity contribution in [1.82, 2.24) is 10.3 Å². The molecule has 2 aromatic heterocycles. The third kappa shape index (κ3) is 4.16. The number of carbonyl (C=O) groups is 1. The van der Waals surface area contributed by atoms with E-state index in [2.05, 4.69) is 40.3 Å². The first-order valence-corrected chi connectivity index (χ1v) is 12.5. The van der Waals surface area contributed by atoms with Crippen LogP contribution in [0.25, 0.3) is 10.2 Å². The minimum Gasteiger partial charge on any atom is -0.397 e. The van der Waals surface area contributed by atoms with E-state index >= 15 is 0 Å². The van der Waals surface area contributed by atoms with Crippen LogP contribution in [0.2, 0.25) is 0 Å². The number of nitriles is 1. The molecule has 33 heavy (non-hydrogen) atoms. The summed E-state index contributed by atoms with van der Waals surface area (Å²) in [7, 11) is 0. The van der Waals surface area contributed by atoms with E-state index in [1.807, 2.05) is 25.1 Å². The third-order valence-corrected chi connectivity index (χ3v) is 8.28. The van der Waals surface area contributed by atoms with Gasteiger partial charge in [-0.15, -0.1) is 11.3 Å². The molecule has 1 aromatic carbocycles. The summed E-state index contributed by atoms with van der Waals surface area (Å²) in [5, 5.41) is 13.7. The summed E-state index contributed by atoms with van der Waals surface area (Å²) in [4.78, 5) is 21.0. The summed E-state index contributed by atoms with van der Waals surface area (Å²) in [5.41, 5.74) is 10.4. The largest absolute Gasteiger partial charge is 0.397 e. The monoisotopic (exact) mass is 459 g/mol. The van der Waals surface area contributed by atoms with Crippen LogP contribution in [0.3, 0.4) is 0 Å². The fourth-order valence-corrected chi connectivity index (χ4v) is 6.39. The number of nitrogens with zero attached hydrogens (tertiary/aromatic N) is 3. The molecule has 1 aliphatic carbocycles. The highest BCUT2D eigenvalue weighted by atomic mass is 32.1. The summed E-state index contributed by atoms with van der Waals surface area (Å²) in [6.07, 6.45) is 3.98. The molecule has 5 rings (SSSR count). The number of nitrogens with two attached hydrogens (primary N) is 1. The molecule has 2 bridgehead atoms. The van der Waals surface area contributed by atoms with Crippen molar-refractivity contribution in [2.45, 2.75) is 39.0 Å². The van der Waals surface area contributed by atoms with Gasteiger partial charge in [0.1, 0.15) is 15.8 Å². The van der Waals surface area contributed by atoms with Crippen molar-refractivity contribution in [2.75, 3.05) is 30.3 Å². The highest BCUT2D eigenvalue weighted by Crippen LogP contribution is 2.39. The van der Waals surface area contributed by atoms with Gasteiger partial charge >= 0.3 is 0 Å². The van der Waals surface area contributed by atoms with Crippen LogP contribution in [0.4, 0.5) is 11.4 Å². The van der Waals surface area contributed by atoms with E-state index in [-0.39, 0.29) is 11.8 Å². The molecule has 3 atom stereocenters. The highest BCUT2D eigenvalue weighted by molar-refractivity contribution is 7.21. The molecule has 0 spiro atoms. The Bertz CT molecular complexity index is 1250. The number of hydrogen-bond acceptors (Lipinski definition) is 6. The molecule has 2 unspecified atom stereocenters. The van der Waals surface area contributed by atoms with Crippen LogP contribution in [0.15, 0.2) is 30.3 Å². The number of piperidine rings is 1. The van der Waals surface area contributed by atoms with Gasteiger partial charge in [0.2, 0.25) is 0 Å². The van der Waals surface area contributed by atoms with Gasteiger partial charge in [0.15, 0.2) is 0 Å². The zero-order valence-electron chi connectivity index (χ0n) is 19.1. The first-order chi connectivity index (χ1) is 15.9. The maximum Gasteiger partial charge on any atom is 0.263 e. The normalized spacial score (nSPS) is 20.6. The Labute approximate surface area is 198 Å². The van der Waals surface area contributed by atoms with Crippen LogP contribution < -0.4 is 16.0 Å². The zero-order valence-corrected chi connectivity index (χ0v) is 19.9. The SMILES string of the molecule is Cc1ccc2c(N)c(C(=O)NC[C@@H](C)c3ccc(N4CC5CCC(C5)C4)c(C#N)c3)sc2n1. The number of carbonyl (C=O) groups excluding carboxylic acids is 1. The van der Waals surface area contributed by atoms with Gasteiger partial charge in [-0.05, 0) is 73.8 Å². The second kappa shape index (κ2) is 8.68. The predicted molar refractivity (Wildman–Crippen MR) is 134 cm³/mol. The Morgan fingerprint density at radius 3 is 2.79 bits per heavy atom. The topological polar surface area (TPSA) is 95.0 Å². The van der Waals surface area contributed by atoms with Gasteiger partial charge in [-0.1, -0.05) is 13.0 Å². The summed E-state index contributed by atoms with van der Waals surface area (Å²) in [6, 6.07) is 12.4. The molecule has 2 aliphatic rings. The number of amides is 1. The Hall–Kier alpha value is -3.11. The molecule has 0 radical (unpaired) electrons. The molecule has 6 nitrogen and oxygen atoms in total.